The number of hydrogen-bond donors (Lipinski definition) is 1. The van der Waals surface area contributed by atoms with Crippen LogP contribution in [0.3, 0.4) is 0 Å². The van der Waals surface area contributed by atoms with Crippen LogP contribution in [0.25, 0.3) is 21.9 Å². The maximum absolute atomic E-state index is 13.7. The summed E-state index contributed by atoms with van der Waals surface area (Å²) in [5.41, 5.74) is 6.44. The highest BCUT2D eigenvalue weighted by molar-refractivity contribution is 6.08. The van der Waals surface area contributed by atoms with Crippen molar-refractivity contribution in [1.29, 1.82) is 0 Å². The minimum Gasteiger partial charge on any atom is -0.368 e. The quantitative estimate of drug-likeness (QED) is 0.571. The molecule has 0 atom stereocenters. The molecule has 1 saturated heterocycles. The van der Waals surface area contributed by atoms with Crippen LogP contribution in [-0.2, 0) is 0 Å². The molecule has 28 heavy (non-hydrogen) atoms. The number of fused-ring (bicyclic) bond motifs is 3. The lowest BCUT2D eigenvalue weighted by molar-refractivity contribution is 0.630. The Morgan fingerprint density at radius 2 is 1.71 bits per heavy atom. The molecule has 0 spiro atoms. The molecule has 0 amide bonds. The van der Waals surface area contributed by atoms with Crippen molar-refractivity contribution in [1.82, 2.24) is 15.0 Å². The van der Waals surface area contributed by atoms with Crippen molar-refractivity contribution in [3.05, 3.63) is 59.7 Å². The molecule has 1 N–H and O–H groups in total. The molecule has 0 saturated carbocycles. The number of H-pyrrole nitrogens is 1. The van der Waals surface area contributed by atoms with Gasteiger partial charge in [-0.2, -0.15) is 0 Å². The molecule has 5 nitrogen and oxygen atoms in total. The third kappa shape index (κ3) is 2.76. The molecule has 142 valence electrons. The van der Waals surface area contributed by atoms with Crippen molar-refractivity contribution in [3.8, 4) is 0 Å². The van der Waals surface area contributed by atoms with Crippen LogP contribution in [-0.4, -0.2) is 41.1 Å². The second-order valence-corrected chi connectivity index (χ2v) is 7.50. The molecule has 0 bridgehead atoms. The van der Waals surface area contributed by atoms with Crippen LogP contribution >= 0.6 is 0 Å². The molecule has 6 heteroatoms. The van der Waals surface area contributed by atoms with E-state index in [1.807, 2.05) is 0 Å². The number of aromatic nitrogens is 3. The summed E-state index contributed by atoms with van der Waals surface area (Å²) in [4.78, 5) is 17.1. The molecule has 1 aliphatic rings. The van der Waals surface area contributed by atoms with E-state index >= 15 is 0 Å². The Bertz CT molecular complexity index is 1170. The van der Waals surface area contributed by atoms with Crippen molar-refractivity contribution >= 4 is 33.4 Å². The lowest BCUT2D eigenvalue weighted by Crippen LogP contribution is -2.47. The zero-order valence-electron chi connectivity index (χ0n) is 16.0. The van der Waals surface area contributed by atoms with E-state index in [1.165, 1.54) is 28.9 Å². The second kappa shape index (κ2) is 6.48. The molecule has 0 radical (unpaired) electrons. The van der Waals surface area contributed by atoms with Gasteiger partial charge in [-0.15, -0.1) is 0 Å². The first-order valence-corrected chi connectivity index (χ1v) is 9.59. The Balaban J connectivity index is 1.45. The smallest absolute Gasteiger partial charge is 0.156 e. The molecule has 4 aromatic rings. The Morgan fingerprint density at radius 1 is 0.929 bits per heavy atom. The molecule has 0 unspecified atom stereocenters. The number of benzene rings is 2. The van der Waals surface area contributed by atoms with Gasteiger partial charge in [0, 0.05) is 42.8 Å². The average molecular weight is 375 g/mol. The number of halogens is 1. The first-order chi connectivity index (χ1) is 13.6. The third-order valence-corrected chi connectivity index (χ3v) is 5.60. The maximum Gasteiger partial charge on any atom is 0.156 e. The molecule has 1 fully saturated rings. The van der Waals surface area contributed by atoms with E-state index in [1.54, 1.807) is 12.4 Å². The van der Waals surface area contributed by atoms with E-state index in [4.69, 9.17) is 0 Å². The van der Waals surface area contributed by atoms with E-state index in [2.05, 4.69) is 56.8 Å². The number of aromatic amines is 1. The van der Waals surface area contributed by atoms with E-state index in [0.717, 1.165) is 53.9 Å². The Hall–Kier alpha value is -3.15. The summed E-state index contributed by atoms with van der Waals surface area (Å²) < 4.78 is 13.7. The maximum atomic E-state index is 13.7. The van der Waals surface area contributed by atoms with Crippen molar-refractivity contribution < 1.29 is 4.39 Å². The third-order valence-electron chi connectivity index (χ3n) is 5.60. The summed E-state index contributed by atoms with van der Waals surface area (Å²) in [6.07, 6.45) is 1.58. The predicted molar refractivity (Wildman–Crippen MR) is 112 cm³/mol. The van der Waals surface area contributed by atoms with E-state index in [0.29, 0.717) is 0 Å². The molecule has 2 aromatic carbocycles. The Kier molecular flexibility index (Phi) is 3.93. The largest absolute Gasteiger partial charge is 0.368 e. The number of hydrogen-bond acceptors (Lipinski definition) is 4. The molecule has 2 aromatic heterocycles. The predicted octanol–water partition coefficient (Wildman–Crippen LogP) is 4.19. The number of anilines is 2. The van der Waals surface area contributed by atoms with Crippen LogP contribution in [0.1, 0.15) is 11.1 Å². The second-order valence-electron chi connectivity index (χ2n) is 7.50. The lowest BCUT2D eigenvalue weighted by atomic mass is 10.1. The SMILES string of the molecule is Cc1ccc(N2CCN(c3ncnc4c3[nH]c3ccc(F)cc34)CC2)c(C)c1. The standard InChI is InChI=1S/C22H22FN5/c1-14-3-6-19(15(2)11-14)27-7-9-28(10-8-27)22-21-20(24-13-25-22)17-12-16(23)4-5-18(17)26-21/h3-6,11-13,26H,7-10H2,1-2H3. The van der Waals surface area contributed by atoms with E-state index < -0.39 is 0 Å². The van der Waals surface area contributed by atoms with Gasteiger partial charge in [0.15, 0.2) is 5.82 Å². The van der Waals surface area contributed by atoms with Gasteiger partial charge in [-0.3, -0.25) is 0 Å². The number of rotatable bonds is 2. The summed E-state index contributed by atoms with van der Waals surface area (Å²) in [6, 6.07) is 11.4. The average Bonchev–Trinajstić information content (AvgIpc) is 3.06. The van der Waals surface area contributed by atoms with Crippen LogP contribution < -0.4 is 9.80 Å². The molecule has 5 rings (SSSR count). The van der Waals surface area contributed by atoms with Crippen LogP contribution in [0.15, 0.2) is 42.7 Å². The summed E-state index contributed by atoms with van der Waals surface area (Å²) >= 11 is 0. The van der Waals surface area contributed by atoms with Crippen LogP contribution in [0.4, 0.5) is 15.9 Å². The van der Waals surface area contributed by atoms with Crippen molar-refractivity contribution in [3.63, 3.8) is 0 Å². The first-order valence-electron chi connectivity index (χ1n) is 9.59. The van der Waals surface area contributed by atoms with Crippen LogP contribution in [0.2, 0.25) is 0 Å². The van der Waals surface area contributed by atoms with Gasteiger partial charge in [-0.05, 0) is 43.7 Å². The molecular formula is C22H22FN5. The van der Waals surface area contributed by atoms with Crippen molar-refractivity contribution in [2.45, 2.75) is 13.8 Å². The Labute approximate surface area is 162 Å². The fourth-order valence-corrected chi connectivity index (χ4v) is 4.21. The summed E-state index contributed by atoms with van der Waals surface area (Å²) in [6.45, 7) is 7.92. The van der Waals surface area contributed by atoms with E-state index in [-0.39, 0.29) is 5.82 Å². The molecular weight excluding hydrogens is 353 g/mol. The number of nitrogens with zero attached hydrogens (tertiary/aromatic N) is 4. The van der Waals surface area contributed by atoms with Crippen LogP contribution in [0.5, 0.6) is 0 Å². The Morgan fingerprint density at radius 3 is 2.50 bits per heavy atom. The van der Waals surface area contributed by atoms with Crippen molar-refractivity contribution in [2.75, 3.05) is 36.0 Å². The number of piperazine rings is 1. The number of nitrogens with one attached hydrogen (secondary N) is 1. The van der Waals surface area contributed by atoms with Gasteiger partial charge >= 0.3 is 0 Å². The minimum absolute atomic E-state index is 0.254. The summed E-state index contributed by atoms with van der Waals surface area (Å²) in [5.74, 6) is 0.637. The molecule has 0 aliphatic carbocycles. The van der Waals surface area contributed by atoms with Gasteiger partial charge in [0.05, 0.1) is 0 Å². The van der Waals surface area contributed by atoms with Crippen molar-refractivity contribution in [2.24, 2.45) is 0 Å². The van der Waals surface area contributed by atoms with Gasteiger partial charge < -0.3 is 14.8 Å². The van der Waals surface area contributed by atoms with Gasteiger partial charge in [-0.25, -0.2) is 14.4 Å². The highest BCUT2D eigenvalue weighted by Crippen LogP contribution is 2.31. The highest BCUT2D eigenvalue weighted by atomic mass is 19.1. The highest BCUT2D eigenvalue weighted by Gasteiger charge is 2.22. The van der Waals surface area contributed by atoms with E-state index in [9.17, 15) is 4.39 Å². The fraction of sp³-hybridized carbons (Fsp3) is 0.273. The summed E-state index contributed by atoms with van der Waals surface area (Å²) in [7, 11) is 0. The topological polar surface area (TPSA) is 48.1 Å². The van der Waals surface area contributed by atoms with Crippen LogP contribution in [0, 0.1) is 19.7 Å². The summed E-state index contributed by atoms with van der Waals surface area (Å²) in [5, 5.41) is 0.799. The van der Waals surface area contributed by atoms with Gasteiger partial charge in [0.1, 0.15) is 23.2 Å². The zero-order valence-corrected chi connectivity index (χ0v) is 16.0. The lowest BCUT2D eigenvalue weighted by Gasteiger charge is -2.37. The minimum atomic E-state index is -0.254. The van der Waals surface area contributed by atoms with Gasteiger partial charge in [0.2, 0.25) is 0 Å². The van der Waals surface area contributed by atoms with Gasteiger partial charge in [-0.1, -0.05) is 17.7 Å². The molecule has 1 aliphatic heterocycles. The first kappa shape index (κ1) is 17.0. The monoisotopic (exact) mass is 375 g/mol. The normalized spacial score (nSPS) is 15.0. The zero-order chi connectivity index (χ0) is 19.3. The molecule has 3 heterocycles. The fourth-order valence-electron chi connectivity index (χ4n) is 4.21. The van der Waals surface area contributed by atoms with Gasteiger partial charge in [0.25, 0.3) is 0 Å². The number of aryl methyl sites for hydroxylation is 2.